The van der Waals surface area contributed by atoms with Crippen LogP contribution in [0.3, 0.4) is 0 Å². The van der Waals surface area contributed by atoms with Crippen molar-refractivity contribution in [2.45, 2.75) is 45.1 Å². The average molecular weight is 240 g/mol. The van der Waals surface area contributed by atoms with Crippen molar-refractivity contribution >= 4 is 0 Å². The number of aryl methyl sites for hydroxylation is 1. The summed E-state index contributed by atoms with van der Waals surface area (Å²) in [6.45, 7) is 3.55. The Labute approximate surface area is 98.5 Å². The predicted molar refractivity (Wildman–Crippen MR) is 59.8 cm³/mol. The molecule has 2 rings (SSSR count). The fraction of sp³-hybridized carbons (Fsp3) is 0.636. The Morgan fingerprint density at radius 1 is 1.65 bits per heavy atom. The molecule has 1 aliphatic rings. The van der Waals surface area contributed by atoms with Gasteiger partial charge in [0.1, 0.15) is 0 Å². The number of hydrogen-bond donors (Lipinski definition) is 2. The van der Waals surface area contributed by atoms with E-state index in [9.17, 15) is 15.0 Å². The molecule has 3 atom stereocenters. The Hall–Kier alpha value is -1.40. The second-order valence-corrected chi connectivity index (χ2v) is 4.27. The van der Waals surface area contributed by atoms with E-state index >= 15 is 0 Å². The molecular weight excluding hydrogens is 224 g/mol. The van der Waals surface area contributed by atoms with Crippen molar-refractivity contribution < 1.29 is 14.9 Å². The molecule has 0 saturated carbocycles. The monoisotopic (exact) mass is 240 g/mol. The highest BCUT2D eigenvalue weighted by Gasteiger charge is 2.37. The van der Waals surface area contributed by atoms with Gasteiger partial charge in [0.25, 0.3) is 5.56 Å². The molecule has 94 valence electrons. The molecule has 0 saturated heterocycles. The third kappa shape index (κ3) is 2.05. The summed E-state index contributed by atoms with van der Waals surface area (Å²) in [4.78, 5) is 15.0. The standard InChI is InChI=1S/C11H16N2O4/c1-3-4-7(14)8-10(16)13-5-6(2)9(15)12-11(13)17-8/h5,7-8,10,14,16H,3-4H2,1-2H3. The lowest BCUT2D eigenvalue weighted by molar-refractivity contribution is -0.0440. The Kier molecular flexibility index (Phi) is 3.17. The topological polar surface area (TPSA) is 84.6 Å². The largest absolute Gasteiger partial charge is 0.454 e. The molecular formula is C11H16N2O4. The van der Waals surface area contributed by atoms with Gasteiger partial charge in [0.15, 0.2) is 12.3 Å². The van der Waals surface area contributed by atoms with Crippen molar-refractivity contribution in [3.8, 4) is 6.01 Å². The van der Waals surface area contributed by atoms with Gasteiger partial charge in [-0.25, -0.2) is 0 Å². The number of aromatic nitrogens is 2. The van der Waals surface area contributed by atoms with Crippen LogP contribution in [0, 0.1) is 6.92 Å². The summed E-state index contributed by atoms with van der Waals surface area (Å²) in [6, 6.07) is 0.0632. The molecule has 0 fully saturated rings. The third-order valence-electron chi connectivity index (χ3n) is 2.87. The Balaban J connectivity index is 2.29. The Morgan fingerprint density at radius 3 is 3.00 bits per heavy atom. The smallest absolute Gasteiger partial charge is 0.302 e. The third-order valence-corrected chi connectivity index (χ3v) is 2.87. The molecule has 6 nitrogen and oxygen atoms in total. The van der Waals surface area contributed by atoms with E-state index in [4.69, 9.17) is 4.74 Å². The van der Waals surface area contributed by atoms with Gasteiger partial charge in [-0.2, -0.15) is 4.98 Å². The van der Waals surface area contributed by atoms with E-state index < -0.39 is 18.4 Å². The second-order valence-electron chi connectivity index (χ2n) is 4.27. The summed E-state index contributed by atoms with van der Waals surface area (Å²) in [5.41, 5.74) is 0.0520. The van der Waals surface area contributed by atoms with Gasteiger partial charge in [0, 0.05) is 11.8 Å². The van der Waals surface area contributed by atoms with Crippen molar-refractivity contribution in [3.05, 3.63) is 22.1 Å². The van der Waals surface area contributed by atoms with Crippen LogP contribution in [0.25, 0.3) is 0 Å². The molecule has 1 aliphatic heterocycles. The molecule has 2 heterocycles. The first-order valence-corrected chi connectivity index (χ1v) is 5.67. The van der Waals surface area contributed by atoms with Gasteiger partial charge in [0.2, 0.25) is 0 Å². The van der Waals surface area contributed by atoms with E-state index in [0.29, 0.717) is 12.0 Å². The number of hydrogen-bond acceptors (Lipinski definition) is 5. The lowest BCUT2D eigenvalue weighted by atomic mass is 10.1. The molecule has 1 aromatic heterocycles. The first-order chi connectivity index (χ1) is 8.04. The van der Waals surface area contributed by atoms with Gasteiger partial charge in [0.05, 0.1) is 6.10 Å². The highest BCUT2D eigenvalue weighted by molar-refractivity contribution is 5.13. The minimum atomic E-state index is -1.00. The van der Waals surface area contributed by atoms with Crippen molar-refractivity contribution in [1.82, 2.24) is 9.55 Å². The number of aliphatic hydroxyl groups is 2. The van der Waals surface area contributed by atoms with Crippen LogP contribution in [0.4, 0.5) is 0 Å². The van der Waals surface area contributed by atoms with E-state index in [1.165, 1.54) is 10.8 Å². The van der Waals surface area contributed by atoms with E-state index in [1.54, 1.807) is 6.92 Å². The summed E-state index contributed by atoms with van der Waals surface area (Å²) in [7, 11) is 0. The normalized spacial score (nSPS) is 24.2. The van der Waals surface area contributed by atoms with Gasteiger partial charge >= 0.3 is 6.01 Å². The van der Waals surface area contributed by atoms with Gasteiger partial charge in [-0.15, -0.1) is 0 Å². The van der Waals surface area contributed by atoms with E-state index in [1.807, 2.05) is 6.92 Å². The van der Waals surface area contributed by atoms with Crippen LogP contribution in [0.5, 0.6) is 6.01 Å². The molecule has 3 unspecified atom stereocenters. The quantitative estimate of drug-likeness (QED) is 0.774. The summed E-state index contributed by atoms with van der Waals surface area (Å²) < 4.78 is 6.70. The molecule has 0 radical (unpaired) electrons. The van der Waals surface area contributed by atoms with E-state index in [2.05, 4.69) is 4.98 Å². The van der Waals surface area contributed by atoms with Crippen LogP contribution >= 0.6 is 0 Å². The minimum absolute atomic E-state index is 0.0632. The number of fused-ring (bicyclic) bond motifs is 1. The fourth-order valence-corrected chi connectivity index (χ4v) is 1.91. The van der Waals surface area contributed by atoms with Crippen LogP contribution in [0.1, 0.15) is 31.6 Å². The first-order valence-electron chi connectivity index (χ1n) is 5.67. The van der Waals surface area contributed by atoms with Crippen LogP contribution in [-0.2, 0) is 0 Å². The number of nitrogens with zero attached hydrogens (tertiary/aromatic N) is 2. The summed E-state index contributed by atoms with van der Waals surface area (Å²) in [5.74, 6) is 0. The van der Waals surface area contributed by atoms with Gasteiger partial charge in [-0.3, -0.25) is 9.36 Å². The molecule has 0 amide bonds. The first kappa shape index (κ1) is 12.1. The number of aliphatic hydroxyl groups excluding tert-OH is 2. The lowest BCUT2D eigenvalue weighted by Crippen LogP contribution is -2.34. The zero-order valence-electron chi connectivity index (χ0n) is 9.83. The van der Waals surface area contributed by atoms with E-state index in [0.717, 1.165) is 6.42 Å². The number of rotatable bonds is 3. The molecule has 1 aromatic rings. The SMILES string of the molecule is CCCC(O)C1Oc2nc(=O)c(C)cn2C1O. The molecule has 0 aromatic carbocycles. The second kappa shape index (κ2) is 4.46. The maximum Gasteiger partial charge on any atom is 0.302 e. The highest BCUT2D eigenvalue weighted by Crippen LogP contribution is 2.29. The van der Waals surface area contributed by atoms with Gasteiger partial charge in [-0.05, 0) is 13.3 Å². The summed E-state index contributed by atoms with van der Waals surface area (Å²) in [6.07, 6.45) is 0.274. The van der Waals surface area contributed by atoms with Crippen molar-refractivity contribution in [1.29, 1.82) is 0 Å². The molecule has 2 N–H and O–H groups in total. The molecule has 0 aliphatic carbocycles. The maximum atomic E-state index is 11.3. The van der Waals surface area contributed by atoms with Crippen molar-refractivity contribution in [2.24, 2.45) is 0 Å². The molecule has 17 heavy (non-hydrogen) atoms. The van der Waals surface area contributed by atoms with Crippen LogP contribution in [0.15, 0.2) is 11.0 Å². The molecule has 0 spiro atoms. The maximum absolute atomic E-state index is 11.3. The predicted octanol–water partition coefficient (Wildman–Crippen LogP) is -0.0354. The molecule has 0 bridgehead atoms. The zero-order chi connectivity index (χ0) is 12.6. The lowest BCUT2D eigenvalue weighted by Gasteiger charge is -2.19. The highest BCUT2D eigenvalue weighted by atomic mass is 16.5. The minimum Gasteiger partial charge on any atom is -0.454 e. The van der Waals surface area contributed by atoms with E-state index in [-0.39, 0.29) is 11.6 Å². The Bertz CT molecular complexity index is 471. The van der Waals surface area contributed by atoms with Crippen LogP contribution < -0.4 is 10.3 Å². The van der Waals surface area contributed by atoms with Crippen LogP contribution in [-0.4, -0.2) is 32.0 Å². The number of ether oxygens (including phenoxy) is 1. The average Bonchev–Trinajstić information content (AvgIpc) is 2.58. The van der Waals surface area contributed by atoms with Crippen molar-refractivity contribution in [3.63, 3.8) is 0 Å². The van der Waals surface area contributed by atoms with Gasteiger partial charge in [-0.1, -0.05) is 13.3 Å². The zero-order valence-corrected chi connectivity index (χ0v) is 9.83. The Morgan fingerprint density at radius 2 is 2.35 bits per heavy atom. The van der Waals surface area contributed by atoms with Crippen molar-refractivity contribution in [2.75, 3.05) is 0 Å². The van der Waals surface area contributed by atoms with Crippen LogP contribution in [0.2, 0.25) is 0 Å². The molecule has 6 heteroatoms. The van der Waals surface area contributed by atoms with Gasteiger partial charge < -0.3 is 14.9 Å². The summed E-state index contributed by atoms with van der Waals surface area (Å²) >= 11 is 0. The fourth-order valence-electron chi connectivity index (χ4n) is 1.91. The summed E-state index contributed by atoms with van der Waals surface area (Å²) in [5, 5.41) is 19.8.